The molecule has 1 aliphatic carbocycles. The van der Waals surface area contributed by atoms with Crippen molar-refractivity contribution in [2.24, 2.45) is 0 Å². The molecule has 3 heteroatoms. The molecule has 1 N–H and O–H groups in total. The second-order valence-corrected chi connectivity index (χ2v) is 6.88. The van der Waals surface area contributed by atoms with Crippen LogP contribution in [0.25, 0.3) is 0 Å². The Morgan fingerprint density at radius 3 is 2.27 bits per heavy atom. The van der Waals surface area contributed by atoms with Crippen LogP contribution >= 0.6 is 15.9 Å². The van der Waals surface area contributed by atoms with Crippen molar-refractivity contribution >= 4 is 21.8 Å². The van der Waals surface area contributed by atoms with E-state index in [4.69, 9.17) is 0 Å². The highest BCUT2D eigenvalue weighted by Gasteiger charge is 2.42. The molecule has 3 rings (SSSR count). The molecule has 0 saturated heterocycles. The standard InChI is InChI=1S/C19H20BrNO/c20-17-10-8-15(9-11-17)14-21-18(22)19(12-4-5-13-19)16-6-2-1-3-7-16/h1-3,6-11H,4-5,12-14H2,(H,21,22). The third-order valence-corrected chi connectivity index (χ3v) is 5.11. The predicted molar refractivity (Wildman–Crippen MR) is 92.6 cm³/mol. The fourth-order valence-corrected chi connectivity index (χ4v) is 3.60. The van der Waals surface area contributed by atoms with Gasteiger partial charge in [-0.15, -0.1) is 0 Å². The Morgan fingerprint density at radius 2 is 1.64 bits per heavy atom. The van der Waals surface area contributed by atoms with Crippen molar-refractivity contribution in [3.05, 3.63) is 70.2 Å². The van der Waals surface area contributed by atoms with Gasteiger partial charge in [-0.3, -0.25) is 4.79 Å². The van der Waals surface area contributed by atoms with Gasteiger partial charge in [0.2, 0.25) is 5.91 Å². The molecule has 1 amide bonds. The van der Waals surface area contributed by atoms with Crippen LogP contribution in [-0.4, -0.2) is 5.91 Å². The Bertz CT molecular complexity index is 630. The van der Waals surface area contributed by atoms with E-state index in [0.29, 0.717) is 6.54 Å². The Labute approximate surface area is 140 Å². The van der Waals surface area contributed by atoms with Crippen molar-refractivity contribution in [2.45, 2.75) is 37.6 Å². The lowest BCUT2D eigenvalue weighted by Crippen LogP contribution is -2.42. The second kappa shape index (κ2) is 6.66. The van der Waals surface area contributed by atoms with Gasteiger partial charge < -0.3 is 5.32 Å². The Hall–Kier alpha value is -1.61. The largest absolute Gasteiger partial charge is 0.351 e. The van der Waals surface area contributed by atoms with E-state index in [1.165, 1.54) is 0 Å². The van der Waals surface area contributed by atoms with Gasteiger partial charge in [0.25, 0.3) is 0 Å². The van der Waals surface area contributed by atoms with E-state index in [1.807, 2.05) is 42.5 Å². The van der Waals surface area contributed by atoms with Gasteiger partial charge in [0.1, 0.15) is 0 Å². The normalized spacial score (nSPS) is 16.4. The molecular weight excluding hydrogens is 338 g/mol. The van der Waals surface area contributed by atoms with E-state index in [0.717, 1.165) is 41.3 Å². The summed E-state index contributed by atoms with van der Waals surface area (Å²) >= 11 is 3.43. The van der Waals surface area contributed by atoms with Crippen LogP contribution in [0.2, 0.25) is 0 Å². The van der Waals surface area contributed by atoms with Crippen LogP contribution < -0.4 is 5.32 Å². The van der Waals surface area contributed by atoms with Gasteiger partial charge in [-0.25, -0.2) is 0 Å². The molecule has 0 aromatic heterocycles. The minimum atomic E-state index is -0.337. The van der Waals surface area contributed by atoms with Crippen LogP contribution in [0.3, 0.4) is 0 Å². The summed E-state index contributed by atoms with van der Waals surface area (Å²) < 4.78 is 1.05. The van der Waals surface area contributed by atoms with Gasteiger partial charge in [-0.2, -0.15) is 0 Å². The lowest BCUT2D eigenvalue weighted by atomic mass is 9.78. The summed E-state index contributed by atoms with van der Waals surface area (Å²) in [6, 6.07) is 18.3. The van der Waals surface area contributed by atoms with Crippen LogP contribution in [-0.2, 0) is 16.8 Å². The first-order chi connectivity index (χ1) is 10.7. The third-order valence-electron chi connectivity index (χ3n) is 4.58. The number of hydrogen-bond donors (Lipinski definition) is 1. The number of nitrogens with one attached hydrogen (secondary N) is 1. The van der Waals surface area contributed by atoms with Crippen LogP contribution in [0.15, 0.2) is 59.1 Å². The molecule has 0 aliphatic heterocycles. The highest BCUT2D eigenvalue weighted by atomic mass is 79.9. The maximum absolute atomic E-state index is 12.9. The van der Waals surface area contributed by atoms with Crippen LogP contribution in [0.4, 0.5) is 0 Å². The van der Waals surface area contributed by atoms with Crippen LogP contribution in [0, 0.1) is 0 Å². The maximum Gasteiger partial charge on any atom is 0.230 e. The minimum Gasteiger partial charge on any atom is -0.351 e. The van der Waals surface area contributed by atoms with Crippen molar-refractivity contribution < 1.29 is 4.79 Å². The molecule has 22 heavy (non-hydrogen) atoms. The monoisotopic (exact) mass is 357 g/mol. The van der Waals surface area contributed by atoms with E-state index >= 15 is 0 Å². The van der Waals surface area contributed by atoms with Gasteiger partial charge in [0.05, 0.1) is 5.41 Å². The molecule has 114 valence electrons. The fourth-order valence-electron chi connectivity index (χ4n) is 3.34. The number of hydrogen-bond acceptors (Lipinski definition) is 1. The molecule has 0 bridgehead atoms. The summed E-state index contributed by atoms with van der Waals surface area (Å²) in [6.07, 6.45) is 4.15. The molecule has 0 radical (unpaired) electrons. The Morgan fingerprint density at radius 1 is 1.00 bits per heavy atom. The number of carbonyl (C=O) groups excluding carboxylic acids is 1. The molecule has 0 heterocycles. The first-order valence-electron chi connectivity index (χ1n) is 7.79. The molecule has 1 saturated carbocycles. The van der Waals surface area contributed by atoms with Crippen LogP contribution in [0.5, 0.6) is 0 Å². The lowest BCUT2D eigenvalue weighted by molar-refractivity contribution is -0.126. The zero-order valence-corrected chi connectivity index (χ0v) is 14.1. The zero-order valence-electron chi connectivity index (χ0n) is 12.5. The number of carbonyl (C=O) groups is 1. The molecule has 1 fully saturated rings. The van der Waals surface area contributed by atoms with Gasteiger partial charge in [-0.1, -0.05) is 71.2 Å². The quantitative estimate of drug-likeness (QED) is 0.852. The minimum absolute atomic E-state index is 0.166. The van der Waals surface area contributed by atoms with Crippen molar-refractivity contribution in [2.75, 3.05) is 0 Å². The molecule has 2 aromatic rings. The summed E-state index contributed by atoms with van der Waals surface area (Å²) in [7, 11) is 0. The smallest absolute Gasteiger partial charge is 0.230 e. The fraction of sp³-hybridized carbons (Fsp3) is 0.316. The maximum atomic E-state index is 12.9. The average Bonchev–Trinajstić information content (AvgIpc) is 3.06. The number of halogens is 1. The van der Waals surface area contributed by atoms with Gasteiger partial charge in [-0.05, 0) is 36.1 Å². The van der Waals surface area contributed by atoms with Crippen molar-refractivity contribution in [3.8, 4) is 0 Å². The van der Waals surface area contributed by atoms with E-state index in [2.05, 4.69) is 33.4 Å². The average molecular weight is 358 g/mol. The molecule has 0 spiro atoms. The topological polar surface area (TPSA) is 29.1 Å². The van der Waals surface area contributed by atoms with Gasteiger partial charge >= 0.3 is 0 Å². The molecule has 0 atom stereocenters. The number of amides is 1. The third kappa shape index (κ3) is 3.09. The first kappa shape index (κ1) is 15.3. The van der Waals surface area contributed by atoms with Crippen molar-refractivity contribution in [1.29, 1.82) is 0 Å². The number of benzene rings is 2. The van der Waals surface area contributed by atoms with Crippen LogP contribution in [0.1, 0.15) is 36.8 Å². The van der Waals surface area contributed by atoms with E-state index < -0.39 is 0 Å². The highest BCUT2D eigenvalue weighted by Crippen LogP contribution is 2.41. The van der Waals surface area contributed by atoms with E-state index in [-0.39, 0.29) is 11.3 Å². The Balaban J connectivity index is 1.75. The van der Waals surface area contributed by atoms with Gasteiger partial charge in [0, 0.05) is 11.0 Å². The summed E-state index contributed by atoms with van der Waals surface area (Å²) in [6.45, 7) is 0.584. The highest BCUT2D eigenvalue weighted by molar-refractivity contribution is 9.10. The summed E-state index contributed by atoms with van der Waals surface area (Å²) in [5.41, 5.74) is 1.94. The first-order valence-corrected chi connectivity index (χ1v) is 8.58. The van der Waals surface area contributed by atoms with Gasteiger partial charge in [0.15, 0.2) is 0 Å². The second-order valence-electron chi connectivity index (χ2n) is 5.96. The lowest BCUT2D eigenvalue weighted by Gasteiger charge is -2.28. The van der Waals surface area contributed by atoms with E-state index in [9.17, 15) is 4.79 Å². The summed E-state index contributed by atoms with van der Waals surface area (Å²) in [4.78, 5) is 12.9. The molecule has 2 aromatic carbocycles. The zero-order chi connectivity index (χ0) is 15.4. The van der Waals surface area contributed by atoms with E-state index in [1.54, 1.807) is 0 Å². The van der Waals surface area contributed by atoms with Crippen molar-refractivity contribution in [1.82, 2.24) is 5.32 Å². The summed E-state index contributed by atoms with van der Waals surface area (Å²) in [5.74, 6) is 0.166. The number of rotatable bonds is 4. The SMILES string of the molecule is O=C(NCc1ccc(Br)cc1)C1(c2ccccc2)CCCC1. The molecular formula is C19H20BrNO. The Kier molecular flexibility index (Phi) is 4.63. The molecule has 0 unspecified atom stereocenters. The van der Waals surface area contributed by atoms with Crippen molar-refractivity contribution in [3.63, 3.8) is 0 Å². The summed E-state index contributed by atoms with van der Waals surface area (Å²) in [5, 5.41) is 3.15. The predicted octanol–water partition coefficient (Wildman–Crippen LogP) is 4.58. The molecule has 2 nitrogen and oxygen atoms in total. The molecule has 1 aliphatic rings.